The average Bonchev–Trinajstić information content (AvgIpc) is 2.50. The fraction of sp³-hybridized carbons (Fsp3) is 0.200. The molecule has 1 amide bonds. The van der Waals surface area contributed by atoms with E-state index in [1.165, 1.54) is 18.3 Å². The summed E-state index contributed by atoms with van der Waals surface area (Å²) in [6, 6.07) is 7.29. The smallest absolute Gasteiger partial charge is 0.270 e. The van der Waals surface area contributed by atoms with E-state index in [9.17, 15) is 18.7 Å². The molecular formula is C15H14F2N2O2. The van der Waals surface area contributed by atoms with Crippen molar-refractivity contribution in [1.29, 1.82) is 0 Å². The summed E-state index contributed by atoms with van der Waals surface area (Å²) in [5.74, 6) is -2.49. The van der Waals surface area contributed by atoms with Gasteiger partial charge in [0.1, 0.15) is 5.69 Å². The van der Waals surface area contributed by atoms with Gasteiger partial charge in [0.25, 0.3) is 5.91 Å². The van der Waals surface area contributed by atoms with E-state index in [0.29, 0.717) is 0 Å². The molecule has 0 spiro atoms. The minimum atomic E-state index is -1.16. The molecule has 0 saturated heterocycles. The molecule has 21 heavy (non-hydrogen) atoms. The van der Waals surface area contributed by atoms with Crippen molar-refractivity contribution >= 4 is 5.91 Å². The van der Waals surface area contributed by atoms with Crippen LogP contribution in [0, 0.1) is 11.6 Å². The van der Waals surface area contributed by atoms with E-state index in [2.05, 4.69) is 10.3 Å². The summed E-state index contributed by atoms with van der Waals surface area (Å²) in [7, 11) is 0. The molecule has 2 rings (SSSR count). The number of benzene rings is 1. The minimum absolute atomic E-state index is 0.183. The zero-order valence-electron chi connectivity index (χ0n) is 11.3. The second-order valence-electron chi connectivity index (χ2n) is 4.60. The normalized spacial score (nSPS) is 13.5. The van der Waals surface area contributed by atoms with Crippen LogP contribution >= 0.6 is 0 Å². The number of rotatable bonds is 4. The van der Waals surface area contributed by atoms with Gasteiger partial charge in [-0.05, 0) is 36.8 Å². The van der Waals surface area contributed by atoms with Crippen LogP contribution < -0.4 is 5.32 Å². The maximum atomic E-state index is 13.1. The molecule has 1 aromatic heterocycles. The number of carbonyl (C=O) groups is 1. The number of aliphatic hydroxyl groups excluding tert-OH is 1. The number of hydrogen-bond acceptors (Lipinski definition) is 3. The van der Waals surface area contributed by atoms with E-state index < -0.39 is 29.7 Å². The first-order valence-electron chi connectivity index (χ1n) is 6.34. The van der Waals surface area contributed by atoms with Crippen molar-refractivity contribution in [2.24, 2.45) is 0 Å². The molecule has 0 aliphatic carbocycles. The van der Waals surface area contributed by atoms with Gasteiger partial charge in [-0.15, -0.1) is 0 Å². The first-order valence-corrected chi connectivity index (χ1v) is 6.34. The number of carbonyl (C=O) groups excluding carboxylic acids is 1. The molecule has 0 radical (unpaired) electrons. The van der Waals surface area contributed by atoms with Gasteiger partial charge in [-0.1, -0.05) is 12.1 Å². The van der Waals surface area contributed by atoms with E-state index in [-0.39, 0.29) is 11.3 Å². The van der Waals surface area contributed by atoms with E-state index >= 15 is 0 Å². The number of hydrogen-bond donors (Lipinski definition) is 2. The second kappa shape index (κ2) is 6.41. The summed E-state index contributed by atoms with van der Waals surface area (Å²) in [5.41, 5.74) is 0.393. The Bertz CT molecular complexity index is 635. The predicted molar refractivity (Wildman–Crippen MR) is 72.5 cm³/mol. The summed E-state index contributed by atoms with van der Waals surface area (Å²) in [6.45, 7) is 1.56. The number of amides is 1. The Morgan fingerprint density at radius 1 is 1.24 bits per heavy atom. The highest BCUT2D eigenvalue weighted by atomic mass is 19.2. The minimum Gasteiger partial charge on any atom is -0.386 e. The van der Waals surface area contributed by atoms with Crippen molar-refractivity contribution in [2.75, 3.05) is 0 Å². The van der Waals surface area contributed by atoms with Gasteiger partial charge in [0.15, 0.2) is 11.6 Å². The Labute approximate surface area is 120 Å². The Kier molecular flexibility index (Phi) is 4.59. The molecule has 2 atom stereocenters. The molecule has 1 heterocycles. The Hall–Kier alpha value is -2.34. The molecule has 6 heteroatoms. The molecule has 2 N–H and O–H groups in total. The van der Waals surface area contributed by atoms with Gasteiger partial charge < -0.3 is 10.4 Å². The van der Waals surface area contributed by atoms with Crippen molar-refractivity contribution in [3.05, 3.63) is 65.5 Å². The van der Waals surface area contributed by atoms with Crippen LogP contribution in [-0.4, -0.2) is 22.0 Å². The van der Waals surface area contributed by atoms with Crippen molar-refractivity contribution in [1.82, 2.24) is 10.3 Å². The van der Waals surface area contributed by atoms with Gasteiger partial charge in [-0.2, -0.15) is 0 Å². The standard InChI is InChI=1S/C15H14F2N2O2/c1-9(19-15(21)13-4-2-3-7-18-13)14(20)10-5-6-11(16)12(17)8-10/h2-9,14,20H,1H3,(H,19,21)/t9-,14-/m0/s1. The largest absolute Gasteiger partial charge is 0.386 e. The molecular weight excluding hydrogens is 278 g/mol. The van der Waals surface area contributed by atoms with Crippen molar-refractivity contribution in [3.63, 3.8) is 0 Å². The summed E-state index contributed by atoms with van der Waals surface area (Å²) >= 11 is 0. The van der Waals surface area contributed by atoms with Crippen LogP contribution in [0.1, 0.15) is 29.1 Å². The Balaban J connectivity index is 2.07. The van der Waals surface area contributed by atoms with Crippen LogP contribution in [0.15, 0.2) is 42.6 Å². The van der Waals surface area contributed by atoms with Crippen LogP contribution in [0.4, 0.5) is 8.78 Å². The summed E-state index contributed by atoms with van der Waals surface area (Å²) < 4.78 is 26.0. The SMILES string of the molecule is C[C@H](NC(=O)c1ccccn1)[C@H](O)c1ccc(F)c(F)c1. The molecule has 4 nitrogen and oxygen atoms in total. The average molecular weight is 292 g/mol. The Morgan fingerprint density at radius 3 is 2.62 bits per heavy atom. The van der Waals surface area contributed by atoms with E-state index in [1.54, 1.807) is 19.1 Å². The van der Waals surface area contributed by atoms with Crippen LogP contribution in [0.25, 0.3) is 0 Å². The molecule has 0 unspecified atom stereocenters. The molecule has 0 bridgehead atoms. The lowest BCUT2D eigenvalue weighted by molar-refractivity contribution is 0.0846. The van der Waals surface area contributed by atoms with Crippen LogP contribution in [0.2, 0.25) is 0 Å². The zero-order chi connectivity index (χ0) is 15.4. The molecule has 1 aromatic carbocycles. The number of halogens is 2. The van der Waals surface area contributed by atoms with Crippen molar-refractivity contribution in [3.8, 4) is 0 Å². The van der Waals surface area contributed by atoms with Gasteiger partial charge >= 0.3 is 0 Å². The number of nitrogens with one attached hydrogen (secondary N) is 1. The highest BCUT2D eigenvalue weighted by Crippen LogP contribution is 2.19. The quantitative estimate of drug-likeness (QED) is 0.908. The number of aromatic nitrogens is 1. The van der Waals surface area contributed by atoms with E-state index in [4.69, 9.17) is 0 Å². The van der Waals surface area contributed by atoms with Crippen molar-refractivity contribution < 1.29 is 18.7 Å². The van der Waals surface area contributed by atoms with E-state index in [0.717, 1.165) is 12.1 Å². The van der Waals surface area contributed by atoms with Gasteiger partial charge in [-0.25, -0.2) is 8.78 Å². The topological polar surface area (TPSA) is 62.2 Å². The first kappa shape index (κ1) is 15.1. The second-order valence-corrected chi connectivity index (χ2v) is 4.60. The third-order valence-electron chi connectivity index (χ3n) is 3.02. The monoisotopic (exact) mass is 292 g/mol. The number of aliphatic hydroxyl groups is 1. The third kappa shape index (κ3) is 3.61. The fourth-order valence-corrected chi connectivity index (χ4v) is 1.84. The fourth-order valence-electron chi connectivity index (χ4n) is 1.84. The van der Waals surface area contributed by atoms with Crippen LogP contribution in [0.5, 0.6) is 0 Å². The Morgan fingerprint density at radius 2 is 2.00 bits per heavy atom. The molecule has 0 fully saturated rings. The summed E-state index contributed by atoms with van der Waals surface area (Å²) in [4.78, 5) is 15.8. The maximum absolute atomic E-state index is 13.1. The van der Waals surface area contributed by atoms with Gasteiger partial charge in [0.05, 0.1) is 12.1 Å². The van der Waals surface area contributed by atoms with Crippen LogP contribution in [0.3, 0.4) is 0 Å². The maximum Gasteiger partial charge on any atom is 0.270 e. The number of pyridine rings is 1. The molecule has 0 saturated carbocycles. The molecule has 110 valence electrons. The highest BCUT2D eigenvalue weighted by molar-refractivity contribution is 5.92. The predicted octanol–water partition coefficient (Wildman–Crippen LogP) is 2.21. The molecule has 2 aromatic rings. The zero-order valence-corrected chi connectivity index (χ0v) is 11.3. The molecule has 0 aliphatic heterocycles. The third-order valence-corrected chi connectivity index (χ3v) is 3.02. The lowest BCUT2D eigenvalue weighted by atomic mass is 10.0. The van der Waals surface area contributed by atoms with Gasteiger partial charge in [-0.3, -0.25) is 9.78 Å². The summed E-state index contributed by atoms with van der Waals surface area (Å²) in [6.07, 6.45) is 0.318. The summed E-state index contributed by atoms with van der Waals surface area (Å²) in [5, 5.41) is 12.6. The first-order chi connectivity index (χ1) is 9.99. The van der Waals surface area contributed by atoms with Crippen LogP contribution in [-0.2, 0) is 0 Å². The van der Waals surface area contributed by atoms with Crippen molar-refractivity contribution in [2.45, 2.75) is 19.1 Å². The van der Waals surface area contributed by atoms with Gasteiger partial charge in [0, 0.05) is 6.20 Å². The highest BCUT2D eigenvalue weighted by Gasteiger charge is 2.20. The van der Waals surface area contributed by atoms with E-state index in [1.807, 2.05) is 0 Å². The lowest BCUT2D eigenvalue weighted by Gasteiger charge is -2.20. The van der Waals surface area contributed by atoms with Gasteiger partial charge in [0.2, 0.25) is 0 Å². The number of nitrogens with zero attached hydrogens (tertiary/aromatic N) is 1. The molecule has 0 aliphatic rings. The lowest BCUT2D eigenvalue weighted by Crippen LogP contribution is -2.37.